The molecule has 4 aromatic carbocycles. The highest BCUT2D eigenvalue weighted by Crippen LogP contribution is 2.28. The molecule has 0 unspecified atom stereocenters. The van der Waals surface area contributed by atoms with Gasteiger partial charge in [0, 0.05) is 40.5 Å². The Morgan fingerprint density at radius 1 is 0.907 bits per heavy atom. The molecule has 2 N–H and O–H groups in total. The number of carbonyl (C=O) groups excluding carboxylic acids is 1. The Morgan fingerprint density at radius 2 is 1.63 bits per heavy atom. The van der Waals surface area contributed by atoms with Crippen molar-refractivity contribution in [3.63, 3.8) is 0 Å². The highest BCUT2D eigenvalue weighted by Gasteiger charge is 2.22. The zero-order valence-electron chi connectivity index (χ0n) is 24.1. The van der Waals surface area contributed by atoms with Gasteiger partial charge in [0.2, 0.25) is 0 Å². The summed E-state index contributed by atoms with van der Waals surface area (Å²) in [6.07, 6.45) is 5.37. The molecule has 0 spiro atoms. The Kier molecular flexibility index (Phi) is 10.3. The Balaban J connectivity index is 1.19. The number of ether oxygens (including phenoxy) is 1. The van der Waals surface area contributed by atoms with E-state index in [0.29, 0.717) is 29.3 Å². The van der Waals surface area contributed by atoms with Crippen LogP contribution in [-0.4, -0.2) is 42.6 Å². The monoisotopic (exact) mass is 596 g/mol. The molecule has 0 radical (unpaired) electrons. The summed E-state index contributed by atoms with van der Waals surface area (Å²) in [6, 6.07) is 30.6. The van der Waals surface area contributed by atoms with E-state index in [1.54, 1.807) is 36.4 Å². The highest BCUT2D eigenvalue weighted by atomic mass is 35.5. The number of anilines is 2. The molecule has 0 heterocycles. The number of para-hydroxylation sites is 1. The molecule has 4 aromatic rings. The highest BCUT2D eigenvalue weighted by molar-refractivity contribution is 6.30. The van der Waals surface area contributed by atoms with Gasteiger partial charge in [0.05, 0.1) is 6.54 Å². The normalized spacial score (nSPS) is 13.8. The van der Waals surface area contributed by atoms with Gasteiger partial charge in [0.15, 0.2) is 5.78 Å². The number of nitrogens with zero attached hydrogens (tertiary/aromatic N) is 1. The van der Waals surface area contributed by atoms with Crippen LogP contribution in [0, 0.1) is 5.92 Å². The van der Waals surface area contributed by atoms with E-state index in [4.69, 9.17) is 16.3 Å². The van der Waals surface area contributed by atoms with Gasteiger partial charge in [0.1, 0.15) is 18.4 Å². The fraction of sp³-hybridized carbons (Fsp3) is 0.278. The molecule has 0 aromatic heterocycles. The SMILES string of the molecule is O=C(c1ccccc1)c1ccccc1N[C@@H](Cc1ccc(OCCN(CC2CCCC2)c2cccc(Cl)c2)cc1)C(=O)O. The number of hydrogen-bond acceptors (Lipinski definition) is 5. The number of rotatable bonds is 14. The van der Waals surface area contributed by atoms with Crippen molar-refractivity contribution in [1.29, 1.82) is 0 Å². The molecule has 1 saturated carbocycles. The van der Waals surface area contributed by atoms with Gasteiger partial charge in [-0.25, -0.2) is 4.79 Å². The van der Waals surface area contributed by atoms with Crippen molar-refractivity contribution in [2.45, 2.75) is 38.1 Å². The summed E-state index contributed by atoms with van der Waals surface area (Å²) in [5.41, 5.74) is 3.43. The van der Waals surface area contributed by atoms with Gasteiger partial charge < -0.3 is 20.1 Å². The van der Waals surface area contributed by atoms with Crippen LogP contribution < -0.4 is 15.0 Å². The molecule has 7 heteroatoms. The number of ketones is 1. The zero-order chi connectivity index (χ0) is 30.0. The number of carboxylic acid groups (broad SMARTS) is 1. The van der Waals surface area contributed by atoms with Crippen LogP contribution in [-0.2, 0) is 11.2 Å². The first kappa shape index (κ1) is 30.2. The van der Waals surface area contributed by atoms with E-state index < -0.39 is 12.0 Å². The van der Waals surface area contributed by atoms with Crippen molar-refractivity contribution < 1.29 is 19.4 Å². The number of carboxylic acids is 1. The summed E-state index contributed by atoms with van der Waals surface area (Å²) in [5.74, 6) is 0.268. The Labute approximate surface area is 258 Å². The second-order valence-corrected chi connectivity index (χ2v) is 11.5. The Bertz CT molecular complexity index is 1500. The molecule has 0 amide bonds. The molecule has 6 nitrogen and oxygen atoms in total. The Morgan fingerprint density at radius 3 is 2.35 bits per heavy atom. The summed E-state index contributed by atoms with van der Waals surface area (Å²) < 4.78 is 6.10. The van der Waals surface area contributed by atoms with Crippen molar-refractivity contribution in [1.82, 2.24) is 0 Å². The van der Waals surface area contributed by atoms with Crippen LogP contribution >= 0.6 is 11.6 Å². The zero-order valence-corrected chi connectivity index (χ0v) is 24.9. The fourth-order valence-corrected chi connectivity index (χ4v) is 5.86. The third kappa shape index (κ3) is 8.39. The molecule has 1 fully saturated rings. The van der Waals surface area contributed by atoms with Crippen LogP contribution in [0.2, 0.25) is 5.02 Å². The van der Waals surface area contributed by atoms with E-state index >= 15 is 0 Å². The van der Waals surface area contributed by atoms with Gasteiger partial charge in [-0.05, 0) is 66.8 Å². The van der Waals surface area contributed by atoms with E-state index in [2.05, 4.69) is 16.3 Å². The quantitative estimate of drug-likeness (QED) is 0.145. The molecule has 1 aliphatic carbocycles. The van der Waals surface area contributed by atoms with Crippen molar-refractivity contribution in [2.75, 3.05) is 29.9 Å². The summed E-state index contributed by atoms with van der Waals surface area (Å²) in [6.45, 7) is 2.25. The van der Waals surface area contributed by atoms with Crippen LogP contribution in [0.1, 0.15) is 47.2 Å². The van der Waals surface area contributed by atoms with Crippen LogP contribution in [0.3, 0.4) is 0 Å². The smallest absolute Gasteiger partial charge is 0.326 e. The number of hydrogen-bond donors (Lipinski definition) is 2. The standard InChI is InChI=1S/C36H37ClN2O4/c37-29-13-8-14-30(24-29)39(25-27-9-4-5-10-27)21-22-43-31-19-17-26(18-20-31)23-34(36(41)42)38-33-16-7-6-15-32(33)35(40)28-11-2-1-3-12-28/h1-3,6-8,11-20,24,27,34,38H,4-5,9-10,21-23,25H2,(H,41,42)/t34-/m0/s1. The number of halogens is 1. The first-order valence-corrected chi connectivity index (χ1v) is 15.2. The van der Waals surface area contributed by atoms with Crippen molar-refractivity contribution >= 4 is 34.7 Å². The molecule has 0 bridgehead atoms. The van der Waals surface area contributed by atoms with Crippen LogP contribution in [0.5, 0.6) is 5.75 Å². The van der Waals surface area contributed by atoms with Crippen molar-refractivity contribution in [3.8, 4) is 5.75 Å². The minimum Gasteiger partial charge on any atom is -0.492 e. The molecule has 43 heavy (non-hydrogen) atoms. The number of carbonyl (C=O) groups is 2. The summed E-state index contributed by atoms with van der Waals surface area (Å²) in [4.78, 5) is 27.7. The van der Waals surface area contributed by atoms with Crippen LogP contribution in [0.4, 0.5) is 11.4 Å². The predicted molar refractivity (Wildman–Crippen MR) is 173 cm³/mol. The summed E-state index contributed by atoms with van der Waals surface area (Å²) >= 11 is 6.28. The van der Waals surface area contributed by atoms with Gasteiger partial charge in [-0.15, -0.1) is 0 Å². The largest absolute Gasteiger partial charge is 0.492 e. The number of nitrogens with one attached hydrogen (secondary N) is 1. The first-order chi connectivity index (χ1) is 21.0. The maximum Gasteiger partial charge on any atom is 0.326 e. The van der Waals surface area contributed by atoms with Crippen molar-refractivity contribution in [3.05, 3.63) is 125 Å². The maximum atomic E-state index is 13.1. The van der Waals surface area contributed by atoms with Gasteiger partial charge in [-0.2, -0.15) is 0 Å². The number of benzene rings is 4. The average molecular weight is 597 g/mol. The summed E-state index contributed by atoms with van der Waals surface area (Å²) in [7, 11) is 0. The lowest BCUT2D eigenvalue weighted by Gasteiger charge is -2.28. The lowest BCUT2D eigenvalue weighted by Crippen LogP contribution is -2.32. The van der Waals surface area contributed by atoms with Gasteiger partial charge in [-0.3, -0.25) is 4.79 Å². The molecular formula is C36H37ClN2O4. The molecule has 0 saturated heterocycles. The fourth-order valence-electron chi connectivity index (χ4n) is 5.67. The third-order valence-electron chi connectivity index (χ3n) is 7.96. The van der Waals surface area contributed by atoms with Gasteiger partial charge in [0.25, 0.3) is 0 Å². The minimum absolute atomic E-state index is 0.161. The topological polar surface area (TPSA) is 78.9 Å². The first-order valence-electron chi connectivity index (χ1n) is 14.9. The van der Waals surface area contributed by atoms with Crippen molar-refractivity contribution in [2.24, 2.45) is 5.92 Å². The molecule has 5 rings (SSSR count). The molecule has 1 aliphatic rings. The maximum absolute atomic E-state index is 13.1. The van der Waals surface area contributed by atoms with Crippen LogP contribution in [0.15, 0.2) is 103 Å². The lowest BCUT2D eigenvalue weighted by atomic mass is 10.00. The average Bonchev–Trinajstić information content (AvgIpc) is 3.55. The lowest BCUT2D eigenvalue weighted by molar-refractivity contribution is -0.137. The van der Waals surface area contributed by atoms with Crippen LogP contribution in [0.25, 0.3) is 0 Å². The second-order valence-electron chi connectivity index (χ2n) is 11.0. The van der Waals surface area contributed by atoms with E-state index in [9.17, 15) is 14.7 Å². The second kappa shape index (κ2) is 14.7. The van der Waals surface area contributed by atoms with E-state index in [1.165, 1.54) is 25.7 Å². The molecular weight excluding hydrogens is 560 g/mol. The number of aliphatic carboxylic acids is 1. The van der Waals surface area contributed by atoms with E-state index in [0.717, 1.165) is 35.1 Å². The Hall–Kier alpha value is -4.29. The summed E-state index contributed by atoms with van der Waals surface area (Å²) in [5, 5.41) is 13.8. The molecule has 1 atom stereocenters. The van der Waals surface area contributed by atoms with E-state index in [-0.39, 0.29) is 12.2 Å². The molecule has 0 aliphatic heterocycles. The predicted octanol–water partition coefficient (Wildman–Crippen LogP) is 7.75. The third-order valence-corrected chi connectivity index (χ3v) is 8.19. The van der Waals surface area contributed by atoms with Gasteiger partial charge >= 0.3 is 5.97 Å². The van der Waals surface area contributed by atoms with Gasteiger partial charge in [-0.1, -0.05) is 85.1 Å². The minimum atomic E-state index is -0.995. The molecule has 222 valence electrons. The van der Waals surface area contributed by atoms with E-state index in [1.807, 2.05) is 60.7 Å².